The number of hydrogen-bond acceptors (Lipinski definition) is 3. The molecule has 1 aromatic carbocycles. The lowest BCUT2D eigenvalue weighted by Crippen LogP contribution is -2.36. The Bertz CT molecular complexity index is 532. The van der Waals surface area contributed by atoms with Crippen LogP contribution in [0.3, 0.4) is 0 Å². The van der Waals surface area contributed by atoms with Crippen LogP contribution in [-0.2, 0) is 20.4 Å². The van der Waals surface area contributed by atoms with E-state index in [1.807, 2.05) is 24.3 Å². The van der Waals surface area contributed by atoms with Gasteiger partial charge in [0.1, 0.15) is 5.25 Å². The second-order valence-electron chi connectivity index (χ2n) is 4.96. The number of amides is 1. The molecular weight excluding hydrogens is 262 g/mol. The number of hydrogen-bond donors (Lipinski definition) is 1. The maximum Gasteiger partial charge on any atom is 0.237 e. The van der Waals surface area contributed by atoms with Gasteiger partial charge >= 0.3 is 0 Å². The van der Waals surface area contributed by atoms with Gasteiger partial charge in [0.25, 0.3) is 0 Å². The van der Waals surface area contributed by atoms with Crippen LogP contribution in [-0.4, -0.2) is 26.6 Å². The van der Waals surface area contributed by atoms with E-state index in [4.69, 9.17) is 0 Å². The number of carbonyl (C=O) groups is 1. The van der Waals surface area contributed by atoms with Crippen LogP contribution in [0.1, 0.15) is 37.8 Å². The second-order valence-corrected chi connectivity index (χ2v) is 7.28. The summed E-state index contributed by atoms with van der Waals surface area (Å²) in [5.41, 5.74) is 1.88. The van der Waals surface area contributed by atoms with Crippen LogP contribution in [0, 0.1) is 0 Å². The predicted molar refractivity (Wildman–Crippen MR) is 76.7 cm³/mol. The van der Waals surface area contributed by atoms with Gasteiger partial charge in [-0.15, -0.1) is 0 Å². The first-order valence-corrected chi connectivity index (χ1v) is 8.01. The molecule has 0 unspecified atom stereocenters. The van der Waals surface area contributed by atoms with E-state index in [2.05, 4.69) is 19.2 Å². The molecule has 106 valence electrons. The molecule has 0 saturated carbocycles. The average Bonchev–Trinajstić information content (AvgIpc) is 2.37. The molecule has 0 heterocycles. The maximum absolute atomic E-state index is 12.1. The van der Waals surface area contributed by atoms with E-state index < -0.39 is 21.0 Å². The molecule has 0 aliphatic carbocycles. The Kier molecular flexibility index (Phi) is 5.11. The Morgan fingerprint density at radius 3 is 2.11 bits per heavy atom. The van der Waals surface area contributed by atoms with Crippen molar-refractivity contribution in [2.24, 2.45) is 0 Å². The van der Waals surface area contributed by atoms with Crippen molar-refractivity contribution < 1.29 is 13.2 Å². The molecule has 1 rings (SSSR count). The van der Waals surface area contributed by atoms with Crippen molar-refractivity contribution in [3.8, 4) is 0 Å². The summed E-state index contributed by atoms with van der Waals surface area (Å²) in [6, 6.07) is 7.48. The van der Waals surface area contributed by atoms with Crippen molar-refractivity contribution in [3.05, 3.63) is 35.4 Å². The zero-order chi connectivity index (χ0) is 14.6. The summed E-state index contributed by atoms with van der Waals surface area (Å²) in [6.07, 6.45) is 0. The van der Waals surface area contributed by atoms with Crippen molar-refractivity contribution >= 4 is 15.7 Å². The van der Waals surface area contributed by atoms with Gasteiger partial charge in [-0.2, -0.15) is 0 Å². The molecule has 5 heteroatoms. The zero-order valence-corrected chi connectivity index (χ0v) is 12.6. The monoisotopic (exact) mass is 283 g/mol. The summed E-state index contributed by atoms with van der Waals surface area (Å²) in [6.45, 7) is 5.58. The van der Waals surface area contributed by atoms with Crippen molar-refractivity contribution in [1.82, 2.24) is 5.32 Å². The van der Waals surface area contributed by atoms with Gasteiger partial charge in [0, 0.05) is 7.05 Å². The lowest BCUT2D eigenvalue weighted by Gasteiger charge is -2.12. The minimum atomic E-state index is -3.47. The largest absolute Gasteiger partial charge is 0.358 e. The van der Waals surface area contributed by atoms with Gasteiger partial charge in [0.05, 0.1) is 5.75 Å². The quantitative estimate of drug-likeness (QED) is 0.897. The van der Waals surface area contributed by atoms with E-state index >= 15 is 0 Å². The highest BCUT2D eigenvalue weighted by molar-refractivity contribution is 7.92. The molecule has 0 aliphatic heterocycles. The molecule has 1 atom stereocenters. The van der Waals surface area contributed by atoms with Gasteiger partial charge < -0.3 is 5.32 Å². The van der Waals surface area contributed by atoms with Gasteiger partial charge in [-0.3, -0.25) is 4.79 Å². The summed E-state index contributed by atoms with van der Waals surface area (Å²) >= 11 is 0. The van der Waals surface area contributed by atoms with E-state index in [9.17, 15) is 13.2 Å². The summed E-state index contributed by atoms with van der Waals surface area (Å²) in [5.74, 6) is -0.172. The molecule has 0 radical (unpaired) electrons. The first kappa shape index (κ1) is 15.7. The van der Waals surface area contributed by atoms with Crippen molar-refractivity contribution in [2.45, 2.75) is 37.7 Å². The van der Waals surface area contributed by atoms with Crippen molar-refractivity contribution in [2.75, 3.05) is 7.05 Å². The molecule has 0 fully saturated rings. The highest BCUT2D eigenvalue weighted by Gasteiger charge is 2.27. The SMILES string of the molecule is CNC(=O)[C@@H](C)S(=O)(=O)Cc1ccc(C(C)C)cc1. The van der Waals surface area contributed by atoms with Crippen LogP contribution >= 0.6 is 0 Å². The van der Waals surface area contributed by atoms with Crippen LogP contribution in [0.15, 0.2) is 24.3 Å². The lowest BCUT2D eigenvalue weighted by atomic mass is 10.0. The number of carbonyl (C=O) groups excluding carboxylic acids is 1. The summed E-state index contributed by atoms with van der Waals surface area (Å²) in [4.78, 5) is 11.4. The first-order chi connectivity index (χ1) is 8.77. The average molecular weight is 283 g/mol. The van der Waals surface area contributed by atoms with Gasteiger partial charge in [0.15, 0.2) is 9.84 Å². The molecule has 0 spiro atoms. The fourth-order valence-corrected chi connectivity index (χ4v) is 3.07. The summed E-state index contributed by atoms with van der Waals surface area (Å²) in [7, 11) is -2.03. The minimum Gasteiger partial charge on any atom is -0.358 e. The highest BCUT2D eigenvalue weighted by Crippen LogP contribution is 2.17. The predicted octanol–water partition coefficient (Wildman–Crippen LogP) is 1.86. The van der Waals surface area contributed by atoms with E-state index in [-0.39, 0.29) is 5.75 Å². The molecule has 4 nitrogen and oxygen atoms in total. The topological polar surface area (TPSA) is 63.2 Å². The zero-order valence-electron chi connectivity index (χ0n) is 11.8. The van der Waals surface area contributed by atoms with Gasteiger partial charge in [0.2, 0.25) is 5.91 Å². The van der Waals surface area contributed by atoms with Crippen LogP contribution in [0.2, 0.25) is 0 Å². The minimum absolute atomic E-state index is 0.111. The van der Waals surface area contributed by atoms with Crippen LogP contribution < -0.4 is 5.32 Å². The number of rotatable bonds is 5. The smallest absolute Gasteiger partial charge is 0.237 e. The fourth-order valence-electron chi connectivity index (χ4n) is 1.72. The van der Waals surface area contributed by atoms with Crippen LogP contribution in [0.5, 0.6) is 0 Å². The third kappa shape index (κ3) is 4.06. The molecule has 0 bridgehead atoms. The Labute approximate surface area is 115 Å². The van der Waals surface area contributed by atoms with Crippen molar-refractivity contribution in [3.63, 3.8) is 0 Å². The molecule has 1 N–H and O–H groups in total. The first-order valence-electron chi connectivity index (χ1n) is 6.30. The summed E-state index contributed by atoms with van der Waals surface area (Å²) < 4.78 is 24.1. The van der Waals surface area contributed by atoms with Crippen LogP contribution in [0.25, 0.3) is 0 Å². The lowest BCUT2D eigenvalue weighted by molar-refractivity contribution is -0.119. The number of sulfone groups is 1. The van der Waals surface area contributed by atoms with Crippen molar-refractivity contribution in [1.29, 1.82) is 0 Å². The van der Waals surface area contributed by atoms with E-state index in [1.165, 1.54) is 19.5 Å². The van der Waals surface area contributed by atoms with E-state index in [0.29, 0.717) is 11.5 Å². The number of benzene rings is 1. The maximum atomic E-state index is 12.1. The van der Waals surface area contributed by atoms with Gasteiger partial charge in [-0.25, -0.2) is 8.42 Å². The molecule has 0 saturated heterocycles. The Morgan fingerprint density at radius 1 is 1.16 bits per heavy atom. The third-order valence-corrected chi connectivity index (χ3v) is 5.20. The van der Waals surface area contributed by atoms with Gasteiger partial charge in [-0.1, -0.05) is 38.1 Å². The molecule has 0 aliphatic rings. The normalized spacial score (nSPS) is 13.3. The fraction of sp³-hybridized carbons (Fsp3) is 0.500. The number of nitrogens with one attached hydrogen (secondary N) is 1. The van der Waals surface area contributed by atoms with E-state index in [0.717, 1.165) is 0 Å². The third-order valence-electron chi connectivity index (χ3n) is 3.17. The van der Waals surface area contributed by atoms with Gasteiger partial charge in [-0.05, 0) is 24.0 Å². The summed E-state index contributed by atoms with van der Waals surface area (Å²) in [5, 5.41) is 1.34. The molecule has 1 aromatic rings. The Hall–Kier alpha value is -1.36. The Balaban J connectivity index is 2.87. The molecule has 1 amide bonds. The van der Waals surface area contributed by atoms with Crippen LogP contribution in [0.4, 0.5) is 0 Å². The Morgan fingerprint density at radius 2 is 1.68 bits per heavy atom. The molecule has 19 heavy (non-hydrogen) atoms. The highest BCUT2D eigenvalue weighted by atomic mass is 32.2. The molecule has 0 aromatic heterocycles. The standard InChI is InChI=1S/C14H21NO3S/c1-10(2)13-7-5-12(6-8-13)9-19(17,18)11(3)14(16)15-4/h5-8,10-11H,9H2,1-4H3,(H,15,16)/t11-/m1/s1. The van der Waals surface area contributed by atoms with E-state index in [1.54, 1.807) is 0 Å². The molecular formula is C14H21NO3S. The second kappa shape index (κ2) is 6.19.